The van der Waals surface area contributed by atoms with Gasteiger partial charge in [-0.25, -0.2) is 29.9 Å². The average molecular weight is 1090 g/mol. The maximum atomic E-state index is 5.21. The highest BCUT2D eigenvalue weighted by Crippen LogP contribution is 2.43. The SMILES string of the molecule is c1ccc(-c2nc(-c3ccccc3)nc(-c3cccc(-n4c5ccccc5c5c(-c6nnc(-c7cccc8c7c7ccccc7n8-c7cccc(-c8nc(-c9ccccc9)nc(-c9ccccc9)n8)c7)n6-c6ccccc6)cccc54)c3)n2)cc1. The molecule has 16 aromatic rings. The van der Waals surface area contributed by atoms with Crippen LogP contribution in [0.15, 0.2) is 285 Å². The summed E-state index contributed by atoms with van der Waals surface area (Å²) in [5, 5.41) is 14.7. The van der Waals surface area contributed by atoms with E-state index >= 15 is 0 Å². The molecule has 0 saturated carbocycles. The molecule has 11 heteroatoms. The van der Waals surface area contributed by atoms with E-state index in [-0.39, 0.29) is 0 Å². The number of aromatic nitrogens is 11. The lowest BCUT2D eigenvalue weighted by Crippen LogP contribution is -2.02. The molecular weight excluding hydrogens is 1040 g/mol. The van der Waals surface area contributed by atoms with Gasteiger partial charge < -0.3 is 9.13 Å². The summed E-state index contributed by atoms with van der Waals surface area (Å²) in [6.07, 6.45) is 0. The number of hydrogen-bond donors (Lipinski definition) is 0. The van der Waals surface area contributed by atoms with Crippen molar-refractivity contribution in [1.29, 1.82) is 0 Å². The fourth-order valence-electron chi connectivity index (χ4n) is 11.9. The van der Waals surface area contributed by atoms with Crippen molar-refractivity contribution >= 4 is 43.6 Å². The van der Waals surface area contributed by atoms with Gasteiger partial charge in [-0.1, -0.05) is 224 Å². The highest BCUT2D eigenvalue weighted by atomic mass is 15.3. The fourth-order valence-corrected chi connectivity index (χ4v) is 11.9. The predicted octanol–water partition coefficient (Wildman–Crippen LogP) is 17.2. The van der Waals surface area contributed by atoms with E-state index in [2.05, 4.69) is 171 Å². The molecule has 16 rings (SSSR count). The lowest BCUT2D eigenvalue weighted by molar-refractivity contribution is 1.07. The van der Waals surface area contributed by atoms with Gasteiger partial charge in [0.05, 0.1) is 22.1 Å². The molecule has 0 radical (unpaired) electrons. The van der Waals surface area contributed by atoms with Gasteiger partial charge in [0.1, 0.15) is 0 Å². The minimum Gasteiger partial charge on any atom is -0.309 e. The molecule has 0 fully saturated rings. The van der Waals surface area contributed by atoms with Crippen LogP contribution in [0.1, 0.15) is 0 Å². The largest absolute Gasteiger partial charge is 0.309 e. The summed E-state index contributed by atoms with van der Waals surface area (Å²) in [6, 6.07) is 97.8. The highest BCUT2D eigenvalue weighted by molar-refractivity contribution is 6.17. The summed E-state index contributed by atoms with van der Waals surface area (Å²) in [4.78, 5) is 30.3. The van der Waals surface area contributed by atoms with Crippen LogP contribution in [-0.2, 0) is 0 Å². The van der Waals surface area contributed by atoms with Crippen LogP contribution in [0.3, 0.4) is 0 Å². The normalized spacial score (nSPS) is 11.5. The third-order valence-electron chi connectivity index (χ3n) is 15.7. The van der Waals surface area contributed by atoms with Crippen molar-refractivity contribution in [3.8, 4) is 108 Å². The molecule has 0 aliphatic rings. The Labute approximate surface area is 488 Å². The number of hydrogen-bond acceptors (Lipinski definition) is 8. The van der Waals surface area contributed by atoms with Crippen LogP contribution in [0.25, 0.3) is 152 Å². The van der Waals surface area contributed by atoms with Gasteiger partial charge in [-0.05, 0) is 60.7 Å². The zero-order chi connectivity index (χ0) is 56.2. The lowest BCUT2D eigenvalue weighted by atomic mass is 10.0. The molecule has 0 N–H and O–H groups in total. The van der Waals surface area contributed by atoms with E-state index in [4.69, 9.17) is 40.1 Å². The van der Waals surface area contributed by atoms with Crippen molar-refractivity contribution in [1.82, 2.24) is 53.8 Å². The zero-order valence-electron chi connectivity index (χ0n) is 45.6. The van der Waals surface area contributed by atoms with E-state index < -0.39 is 0 Å². The third-order valence-corrected chi connectivity index (χ3v) is 15.7. The standard InChI is InChI=1S/C74H47N11/c1-6-24-48(25-7-1)67-75-68(49-26-8-2-9-27-49)78-71(77-67)52-32-20-36-55(46-52)83-61-42-18-16-38-57(61)65-59(40-22-44-63(65)83)73-81-82-74(85(73)54-34-14-5-15-35-54)60-41-23-45-64-66(60)58-39-17-19-43-62(58)84(64)56-37-21-33-53(47-56)72-79-69(50-28-10-3-11-29-50)76-70(80-72)51-30-12-4-13-31-51/h1-47H. The van der Waals surface area contributed by atoms with Gasteiger partial charge in [0.15, 0.2) is 46.6 Å². The molecule has 0 bridgehead atoms. The van der Waals surface area contributed by atoms with Gasteiger partial charge in [0.2, 0.25) is 0 Å². The Morgan fingerprint density at radius 2 is 0.494 bits per heavy atom. The molecule has 0 aliphatic carbocycles. The van der Waals surface area contributed by atoms with E-state index in [1.165, 1.54) is 0 Å². The van der Waals surface area contributed by atoms with Gasteiger partial charge in [0.25, 0.3) is 0 Å². The molecule has 85 heavy (non-hydrogen) atoms. The number of nitrogens with zero attached hydrogens (tertiary/aromatic N) is 11. The Kier molecular flexibility index (Phi) is 11.9. The molecule has 0 spiro atoms. The minimum atomic E-state index is 0.584. The quantitative estimate of drug-likeness (QED) is 0.126. The molecule has 0 saturated heterocycles. The zero-order valence-corrected chi connectivity index (χ0v) is 45.6. The molecule has 398 valence electrons. The summed E-state index contributed by atoms with van der Waals surface area (Å²) in [5.41, 5.74) is 14.3. The predicted molar refractivity (Wildman–Crippen MR) is 340 cm³/mol. The summed E-state index contributed by atoms with van der Waals surface area (Å²) < 4.78 is 6.87. The smallest absolute Gasteiger partial charge is 0.169 e. The summed E-state index contributed by atoms with van der Waals surface area (Å²) in [5.74, 6) is 5.04. The van der Waals surface area contributed by atoms with Gasteiger partial charge in [-0.15, -0.1) is 10.2 Å². The van der Waals surface area contributed by atoms with Crippen LogP contribution < -0.4 is 0 Å². The van der Waals surface area contributed by atoms with Crippen molar-refractivity contribution in [3.63, 3.8) is 0 Å². The molecule has 0 atom stereocenters. The van der Waals surface area contributed by atoms with Gasteiger partial charge >= 0.3 is 0 Å². The maximum Gasteiger partial charge on any atom is 0.169 e. The Morgan fingerprint density at radius 3 is 0.871 bits per heavy atom. The van der Waals surface area contributed by atoms with E-state index in [9.17, 15) is 0 Å². The van der Waals surface area contributed by atoms with Crippen LogP contribution in [0.5, 0.6) is 0 Å². The monoisotopic (exact) mass is 1090 g/mol. The molecule has 11 aromatic carbocycles. The highest BCUT2D eigenvalue weighted by Gasteiger charge is 2.26. The first-order chi connectivity index (χ1) is 42.2. The third kappa shape index (κ3) is 8.61. The van der Waals surface area contributed by atoms with E-state index in [1.807, 2.05) is 127 Å². The number of rotatable bonds is 11. The topological polar surface area (TPSA) is 118 Å². The Balaban J connectivity index is 0.849. The lowest BCUT2D eigenvalue weighted by Gasteiger charge is -2.14. The van der Waals surface area contributed by atoms with Crippen molar-refractivity contribution in [2.24, 2.45) is 0 Å². The maximum absolute atomic E-state index is 5.21. The summed E-state index contributed by atoms with van der Waals surface area (Å²) >= 11 is 0. The number of benzene rings is 11. The molecule has 11 nitrogen and oxygen atoms in total. The van der Waals surface area contributed by atoms with Crippen LogP contribution in [0.2, 0.25) is 0 Å². The summed E-state index contributed by atoms with van der Waals surface area (Å²) in [7, 11) is 0. The van der Waals surface area contributed by atoms with Crippen LogP contribution in [-0.4, -0.2) is 53.8 Å². The number of para-hydroxylation sites is 3. The van der Waals surface area contributed by atoms with Gasteiger partial charge in [0, 0.05) is 83.1 Å². The van der Waals surface area contributed by atoms with Crippen LogP contribution in [0.4, 0.5) is 0 Å². The fraction of sp³-hybridized carbons (Fsp3) is 0. The van der Waals surface area contributed by atoms with E-state index in [1.54, 1.807) is 0 Å². The molecule has 0 unspecified atom stereocenters. The Morgan fingerprint density at radius 1 is 0.212 bits per heavy atom. The second-order valence-corrected chi connectivity index (χ2v) is 20.8. The first kappa shape index (κ1) is 49.0. The Hall–Kier alpha value is -11.8. The second-order valence-electron chi connectivity index (χ2n) is 20.8. The second kappa shape index (κ2) is 20.6. The van der Waals surface area contributed by atoms with E-state index in [0.717, 1.165) is 105 Å². The first-order valence-corrected chi connectivity index (χ1v) is 28.2. The molecular formula is C74H47N11. The van der Waals surface area contributed by atoms with Gasteiger partial charge in [-0.3, -0.25) is 4.57 Å². The molecule has 5 aromatic heterocycles. The van der Waals surface area contributed by atoms with Crippen molar-refractivity contribution in [2.75, 3.05) is 0 Å². The van der Waals surface area contributed by atoms with Crippen molar-refractivity contribution in [2.45, 2.75) is 0 Å². The first-order valence-electron chi connectivity index (χ1n) is 28.2. The van der Waals surface area contributed by atoms with Crippen LogP contribution >= 0.6 is 0 Å². The molecule has 5 heterocycles. The number of fused-ring (bicyclic) bond motifs is 6. The average Bonchev–Trinajstić information content (AvgIpc) is 3.25. The minimum absolute atomic E-state index is 0.584. The van der Waals surface area contributed by atoms with Crippen molar-refractivity contribution in [3.05, 3.63) is 285 Å². The van der Waals surface area contributed by atoms with Gasteiger partial charge in [-0.2, -0.15) is 0 Å². The van der Waals surface area contributed by atoms with Crippen LogP contribution in [0, 0.1) is 0 Å². The Bertz CT molecular complexity index is 4750. The summed E-state index contributed by atoms with van der Waals surface area (Å²) in [6.45, 7) is 0. The molecule has 0 aliphatic heterocycles. The van der Waals surface area contributed by atoms with Crippen molar-refractivity contribution < 1.29 is 0 Å². The molecule has 0 amide bonds. The van der Waals surface area contributed by atoms with E-state index in [0.29, 0.717) is 46.6 Å².